The number of rotatable bonds is 4. The van der Waals surface area contributed by atoms with Gasteiger partial charge in [-0.2, -0.15) is 13.2 Å². The Balaban J connectivity index is 1.95. The van der Waals surface area contributed by atoms with Gasteiger partial charge in [0.05, 0.1) is 18.0 Å². The number of halogens is 3. The third-order valence-electron chi connectivity index (χ3n) is 3.63. The maximum Gasteiger partial charge on any atom is 0.393 e. The van der Waals surface area contributed by atoms with Gasteiger partial charge < -0.3 is 14.8 Å². The third-order valence-corrected chi connectivity index (χ3v) is 3.63. The highest BCUT2D eigenvalue weighted by atomic mass is 19.4. The van der Waals surface area contributed by atoms with Crippen LogP contribution in [0.2, 0.25) is 0 Å². The van der Waals surface area contributed by atoms with E-state index in [1.165, 1.54) is 6.07 Å². The predicted octanol–water partition coefficient (Wildman–Crippen LogP) is 3.19. The van der Waals surface area contributed by atoms with Crippen molar-refractivity contribution in [1.82, 2.24) is 5.32 Å². The Morgan fingerprint density at radius 3 is 2.70 bits per heavy atom. The first-order chi connectivity index (χ1) is 9.38. The summed E-state index contributed by atoms with van der Waals surface area (Å²) in [5.41, 5.74) is -0.00202. The van der Waals surface area contributed by atoms with Crippen LogP contribution in [0.25, 0.3) is 0 Å². The van der Waals surface area contributed by atoms with Crippen molar-refractivity contribution >= 4 is 5.97 Å². The molecule has 0 aromatic carbocycles. The molecule has 0 amide bonds. The highest BCUT2D eigenvalue weighted by Gasteiger charge is 2.45. The number of hydrogen-bond acceptors (Lipinski definition) is 3. The van der Waals surface area contributed by atoms with Crippen molar-refractivity contribution in [3.8, 4) is 0 Å². The van der Waals surface area contributed by atoms with E-state index in [-0.39, 0.29) is 18.5 Å². The van der Waals surface area contributed by atoms with Gasteiger partial charge in [-0.25, -0.2) is 4.79 Å². The molecule has 0 aliphatic heterocycles. The largest absolute Gasteiger partial charge is 0.478 e. The molecule has 112 valence electrons. The van der Waals surface area contributed by atoms with Crippen LogP contribution in [0.1, 0.15) is 41.8 Å². The van der Waals surface area contributed by atoms with Crippen LogP contribution in [0.15, 0.2) is 16.7 Å². The quantitative estimate of drug-likeness (QED) is 0.894. The van der Waals surface area contributed by atoms with E-state index < -0.39 is 24.1 Å². The molecule has 1 aliphatic rings. The van der Waals surface area contributed by atoms with Crippen molar-refractivity contribution < 1.29 is 27.5 Å². The zero-order valence-corrected chi connectivity index (χ0v) is 10.7. The summed E-state index contributed by atoms with van der Waals surface area (Å²) in [7, 11) is 0. The maximum absolute atomic E-state index is 12.9. The van der Waals surface area contributed by atoms with Gasteiger partial charge in [0.25, 0.3) is 0 Å². The van der Waals surface area contributed by atoms with Gasteiger partial charge >= 0.3 is 12.1 Å². The Morgan fingerprint density at radius 1 is 1.40 bits per heavy atom. The van der Waals surface area contributed by atoms with E-state index in [0.29, 0.717) is 18.6 Å². The first kappa shape index (κ1) is 14.9. The molecule has 1 aliphatic carbocycles. The summed E-state index contributed by atoms with van der Waals surface area (Å²) in [5, 5.41) is 11.6. The Morgan fingerprint density at radius 2 is 2.10 bits per heavy atom. The second-order valence-corrected chi connectivity index (χ2v) is 5.03. The van der Waals surface area contributed by atoms with Gasteiger partial charge in [-0.1, -0.05) is 12.8 Å². The van der Waals surface area contributed by atoms with E-state index in [9.17, 15) is 18.0 Å². The Hall–Kier alpha value is -1.50. The number of aromatic carboxylic acids is 1. The molecule has 4 nitrogen and oxygen atoms in total. The molecular weight excluding hydrogens is 275 g/mol. The summed E-state index contributed by atoms with van der Waals surface area (Å²) in [4.78, 5) is 10.7. The van der Waals surface area contributed by atoms with E-state index >= 15 is 0 Å². The van der Waals surface area contributed by atoms with E-state index in [4.69, 9.17) is 9.52 Å². The summed E-state index contributed by atoms with van der Waals surface area (Å²) in [5.74, 6) is -2.13. The molecule has 2 atom stereocenters. The van der Waals surface area contributed by atoms with E-state index in [1.54, 1.807) is 0 Å². The number of carbonyl (C=O) groups is 1. The molecule has 2 unspecified atom stereocenters. The summed E-state index contributed by atoms with van der Waals surface area (Å²) >= 11 is 0. The SMILES string of the molecule is O=C(O)c1coc(CNC2CCCCC2C(F)(F)F)c1. The lowest BCUT2D eigenvalue weighted by Gasteiger charge is -2.33. The van der Waals surface area contributed by atoms with Gasteiger partial charge in [0, 0.05) is 6.04 Å². The van der Waals surface area contributed by atoms with Crippen LogP contribution >= 0.6 is 0 Å². The number of alkyl halides is 3. The van der Waals surface area contributed by atoms with E-state index in [0.717, 1.165) is 12.7 Å². The molecule has 2 N–H and O–H groups in total. The van der Waals surface area contributed by atoms with Gasteiger partial charge in [-0.15, -0.1) is 0 Å². The lowest BCUT2D eigenvalue weighted by atomic mass is 9.84. The Bertz CT molecular complexity index is 470. The number of carboxylic acid groups (broad SMARTS) is 1. The van der Waals surface area contributed by atoms with Gasteiger partial charge in [0.15, 0.2) is 0 Å². The summed E-state index contributed by atoms with van der Waals surface area (Å²) in [6.45, 7) is 0.102. The molecule has 20 heavy (non-hydrogen) atoms. The molecular formula is C13H16F3NO3. The minimum atomic E-state index is -4.20. The van der Waals surface area contributed by atoms with Gasteiger partial charge in [-0.05, 0) is 18.9 Å². The third kappa shape index (κ3) is 3.53. The first-order valence-electron chi connectivity index (χ1n) is 6.48. The van der Waals surface area contributed by atoms with Crippen molar-refractivity contribution in [2.24, 2.45) is 5.92 Å². The predicted molar refractivity (Wildman–Crippen MR) is 64.3 cm³/mol. The lowest BCUT2D eigenvalue weighted by Crippen LogP contribution is -2.45. The lowest BCUT2D eigenvalue weighted by molar-refractivity contribution is -0.189. The average Bonchev–Trinajstić information content (AvgIpc) is 2.84. The van der Waals surface area contributed by atoms with Crippen molar-refractivity contribution in [3.63, 3.8) is 0 Å². The molecule has 0 saturated heterocycles. The fourth-order valence-electron chi connectivity index (χ4n) is 2.58. The van der Waals surface area contributed by atoms with Crippen LogP contribution in [0, 0.1) is 5.92 Å². The van der Waals surface area contributed by atoms with Crippen molar-refractivity contribution in [3.05, 3.63) is 23.7 Å². The summed E-state index contributed by atoms with van der Waals surface area (Å²) in [6, 6.07) is 0.683. The normalized spacial score (nSPS) is 23.8. The average molecular weight is 291 g/mol. The van der Waals surface area contributed by atoms with Gasteiger partial charge in [-0.3, -0.25) is 0 Å². The van der Waals surface area contributed by atoms with E-state index in [1.807, 2.05) is 0 Å². The van der Waals surface area contributed by atoms with Crippen molar-refractivity contribution in [2.45, 2.75) is 44.4 Å². The van der Waals surface area contributed by atoms with Crippen LogP contribution in [0.4, 0.5) is 13.2 Å². The molecule has 1 aromatic heterocycles. The second-order valence-electron chi connectivity index (χ2n) is 5.03. The zero-order valence-electron chi connectivity index (χ0n) is 10.7. The maximum atomic E-state index is 12.9. The molecule has 7 heteroatoms. The van der Waals surface area contributed by atoms with Crippen LogP contribution in [0.3, 0.4) is 0 Å². The standard InChI is InChI=1S/C13H16F3NO3/c14-13(15,16)10-3-1-2-4-11(10)17-6-9-5-8(7-20-9)12(18)19/h5,7,10-11,17H,1-4,6H2,(H,18,19). The summed E-state index contributed by atoms with van der Waals surface area (Å²) < 4.78 is 43.7. The smallest absolute Gasteiger partial charge is 0.393 e. The van der Waals surface area contributed by atoms with Gasteiger partial charge in [0.2, 0.25) is 0 Å². The van der Waals surface area contributed by atoms with Crippen LogP contribution in [-0.2, 0) is 6.54 Å². The molecule has 0 spiro atoms. The van der Waals surface area contributed by atoms with Crippen LogP contribution < -0.4 is 5.32 Å². The molecule has 1 saturated carbocycles. The minimum Gasteiger partial charge on any atom is -0.478 e. The fourth-order valence-corrected chi connectivity index (χ4v) is 2.58. The van der Waals surface area contributed by atoms with Crippen LogP contribution in [-0.4, -0.2) is 23.3 Å². The molecule has 0 radical (unpaired) electrons. The monoisotopic (exact) mass is 291 g/mol. The molecule has 0 bridgehead atoms. The Labute approximate surface area is 114 Å². The Kier molecular flexibility index (Phi) is 4.37. The highest BCUT2D eigenvalue weighted by molar-refractivity contribution is 5.87. The molecule has 2 rings (SSSR count). The minimum absolute atomic E-state index is 0.00202. The number of hydrogen-bond donors (Lipinski definition) is 2. The zero-order chi connectivity index (χ0) is 14.8. The van der Waals surface area contributed by atoms with Crippen molar-refractivity contribution in [2.75, 3.05) is 0 Å². The van der Waals surface area contributed by atoms with Crippen molar-refractivity contribution in [1.29, 1.82) is 0 Å². The summed E-state index contributed by atoms with van der Waals surface area (Å²) in [6.07, 6.45) is -1.15. The van der Waals surface area contributed by atoms with Gasteiger partial charge in [0.1, 0.15) is 12.0 Å². The molecule has 1 fully saturated rings. The molecule has 1 aromatic rings. The topological polar surface area (TPSA) is 62.5 Å². The first-order valence-corrected chi connectivity index (χ1v) is 6.48. The fraction of sp³-hybridized carbons (Fsp3) is 0.615. The highest BCUT2D eigenvalue weighted by Crippen LogP contribution is 2.37. The number of furan rings is 1. The van der Waals surface area contributed by atoms with E-state index in [2.05, 4.69) is 5.32 Å². The number of nitrogens with one attached hydrogen (secondary N) is 1. The second kappa shape index (κ2) is 5.87. The number of carboxylic acids is 1. The van der Waals surface area contributed by atoms with Crippen LogP contribution in [0.5, 0.6) is 0 Å². The molecule has 1 heterocycles.